The van der Waals surface area contributed by atoms with Gasteiger partial charge in [0.15, 0.2) is 0 Å². The number of alkyl halides is 6. The lowest BCUT2D eigenvalue weighted by Crippen LogP contribution is -2.49. The zero-order valence-corrected chi connectivity index (χ0v) is 17.9. The lowest BCUT2D eigenvalue weighted by atomic mass is 9.80. The molecule has 0 saturated carbocycles. The average molecular weight is 490 g/mol. The van der Waals surface area contributed by atoms with Gasteiger partial charge in [-0.15, -0.1) is 0 Å². The molecule has 2 fully saturated rings. The number of halogens is 7. The molecule has 4 nitrogen and oxygen atoms in total. The molecule has 4 atom stereocenters. The Kier molecular flexibility index (Phi) is 5.92. The van der Waals surface area contributed by atoms with Gasteiger partial charge >= 0.3 is 12.4 Å². The van der Waals surface area contributed by atoms with Crippen LogP contribution in [0.3, 0.4) is 0 Å². The van der Waals surface area contributed by atoms with Crippen molar-refractivity contribution in [3.05, 3.63) is 70.5 Å². The number of carbonyl (C=O) groups excluding carboxylic acids is 1. The van der Waals surface area contributed by atoms with Gasteiger partial charge in [-0.05, 0) is 48.4 Å². The number of fused-ring (bicyclic) bond motifs is 1. The normalized spacial score (nSPS) is 27.4. The molecule has 2 aliphatic rings. The van der Waals surface area contributed by atoms with E-state index in [2.05, 4.69) is 0 Å². The molecule has 4 rings (SSSR count). The van der Waals surface area contributed by atoms with Gasteiger partial charge in [-0.25, -0.2) is 4.39 Å². The van der Waals surface area contributed by atoms with Crippen molar-refractivity contribution in [2.24, 2.45) is 5.73 Å². The summed E-state index contributed by atoms with van der Waals surface area (Å²) >= 11 is 0. The van der Waals surface area contributed by atoms with Gasteiger partial charge in [0.25, 0.3) is 0 Å². The Morgan fingerprint density at radius 2 is 1.59 bits per heavy atom. The summed E-state index contributed by atoms with van der Waals surface area (Å²) in [6, 6.07) is 6.20. The molecule has 34 heavy (non-hydrogen) atoms. The minimum absolute atomic E-state index is 0.0506. The third kappa shape index (κ3) is 4.63. The Labute approximate surface area is 190 Å². The maximum absolute atomic E-state index is 13.5. The summed E-state index contributed by atoms with van der Waals surface area (Å²) in [6.07, 6.45) is -10.6. The molecule has 0 aliphatic carbocycles. The number of benzene rings is 2. The molecular weight excluding hydrogens is 469 g/mol. The second kappa shape index (κ2) is 8.23. The zero-order valence-electron chi connectivity index (χ0n) is 17.9. The number of hydrogen-bond donors (Lipinski definition) is 1. The van der Waals surface area contributed by atoms with Crippen LogP contribution in [-0.4, -0.2) is 35.0 Å². The highest BCUT2D eigenvalue weighted by Gasteiger charge is 2.57. The highest BCUT2D eigenvalue weighted by atomic mass is 19.4. The van der Waals surface area contributed by atoms with E-state index in [1.807, 2.05) is 0 Å². The van der Waals surface area contributed by atoms with Crippen LogP contribution in [0.15, 0.2) is 42.5 Å². The summed E-state index contributed by atoms with van der Waals surface area (Å²) in [5, 5.41) is 0. The number of carbonyl (C=O) groups is 1. The van der Waals surface area contributed by atoms with Crippen LogP contribution in [-0.2, 0) is 28.5 Å². The maximum Gasteiger partial charge on any atom is 0.416 e. The predicted octanol–water partition coefficient (Wildman–Crippen LogP) is 4.86. The van der Waals surface area contributed by atoms with Crippen LogP contribution in [0, 0.1) is 5.82 Å². The fraction of sp³-hybridized carbons (Fsp3) is 0.435. The second-order valence-corrected chi connectivity index (χ2v) is 9.01. The molecule has 2 saturated heterocycles. The van der Waals surface area contributed by atoms with E-state index >= 15 is 0 Å². The van der Waals surface area contributed by atoms with E-state index in [-0.39, 0.29) is 30.5 Å². The van der Waals surface area contributed by atoms with E-state index in [0.29, 0.717) is 17.7 Å². The fourth-order valence-corrected chi connectivity index (χ4v) is 4.92. The van der Waals surface area contributed by atoms with Crippen molar-refractivity contribution in [2.45, 2.75) is 55.9 Å². The van der Waals surface area contributed by atoms with Gasteiger partial charge in [0.05, 0.1) is 29.9 Å². The van der Waals surface area contributed by atoms with Gasteiger partial charge < -0.3 is 15.4 Å². The number of nitrogens with two attached hydrogens (primary N) is 1. The molecule has 2 aromatic carbocycles. The number of nitrogens with zero attached hydrogens (tertiary/aromatic N) is 1. The molecule has 4 unspecified atom stereocenters. The minimum atomic E-state index is -4.98. The first-order chi connectivity index (χ1) is 15.7. The summed E-state index contributed by atoms with van der Waals surface area (Å²) in [4.78, 5) is 14.0. The van der Waals surface area contributed by atoms with Crippen molar-refractivity contribution >= 4 is 5.91 Å². The number of ether oxygens (including phenoxy) is 1. The molecule has 184 valence electrons. The van der Waals surface area contributed by atoms with Crippen LogP contribution < -0.4 is 5.73 Å². The van der Waals surface area contributed by atoms with Crippen LogP contribution in [0.25, 0.3) is 0 Å². The van der Waals surface area contributed by atoms with Gasteiger partial charge in [-0.1, -0.05) is 12.1 Å². The molecule has 2 aliphatic heterocycles. The van der Waals surface area contributed by atoms with Crippen molar-refractivity contribution in [2.75, 3.05) is 6.54 Å². The maximum atomic E-state index is 13.5. The van der Waals surface area contributed by atoms with E-state index in [0.717, 1.165) is 0 Å². The fourth-order valence-electron chi connectivity index (χ4n) is 4.92. The van der Waals surface area contributed by atoms with E-state index in [1.54, 1.807) is 6.92 Å². The van der Waals surface area contributed by atoms with Crippen molar-refractivity contribution in [3.8, 4) is 0 Å². The summed E-state index contributed by atoms with van der Waals surface area (Å²) in [5.41, 5.74) is 2.84. The monoisotopic (exact) mass is 490 g/mol. The van der Waals surface area contributed by atoms with E-state index < -0.39 is 59.5 Å². The molecule has 0 radical (unpaired) electrons. The van der Waals surface area contributed by atoms with Gasteiger partial charge in [0.2, 0.25) is 5.91 Å². The zero-order chi connectivity index (χ0) is 25.1. The van der Waals surface area contributed by atoms with E-state index in [1.165, 1.54) is 29.2 Å². The lowest BCUT2D eigenvalue weighted by Gasteiger charge is -2.32. The van der Waals surface area contributed by atoms with Gasteiger partial charge in [0.1, 0.15) is 5.82 Å². The largest absolute Gasteiger partial charge is 0.416 e. The molecular formula is C23H21F7N2O2. The van der Waals surface area contributed by atoms with Gasteiger partial charge in [-0.3, -0.25) is 4.79 Å². The number of rotatable bonds is 4. The standard InChI is InChI=1S/C23H21F7N2O2/c1-21(31)9-18(33)32-10-17(19(20(21)32)13-2-4-16(24)5-3-13)34-11-12-6-14(22(25,26)27)8-15(7-12)23(28,29)30/h2-8,17,19-20H,9-11,31H2,1H3. The molecule has 0 bridgehead atoms. The molecule has 11 heteroatoms. The van der Waals surface area contributed by atoms with E-state index in [4.69, 9.17) is 10.5 Å². The average Bonchev–Trinajstić information content (AvgIpc) is 3.21. The van der Waals surface area contributed by atoms with Crippen LogP contribution in [0.1, 0.15) is 41.5 Å². The van der Waals surface area contributed by atoms with Crippen molar-refractivity contribution in [1.82, 2.24) is 4.90 Å². The second-order valence-electron chi connectivity index (χ2n) is 9.01. The molecule has 2 aromatic rings. The van der Waals surface area contributed by atoms with Crippen LogP contribution >= 0.6 is 0 Å². The van der Waals surface area contributed by atoms with Gasteiger partial charge in [0, 0.05) is 24.4 Å². The first kappa shape index (κ1) is 24.5. The SMILES string of the molecule is CC1(N)CC(=O)N2CC(OCc3cc(C(F)(F)F)cc(C(F)(F)F)c3)C(c3ccc(F)cc3)C21. The minimum Gasteiger partial charge on any atom is -0.371 e. The smallest absolute Gasteiger partial charge is 0.371 e. The van der Waals surface area contributed by atoms with E-state index in [9.17, 15) is 35.5 Å². The summed E-state index contributed by atoms with van der Waals surface area (Å²) in [7, 11) is 0. The van der Waals surface area contributed by atoms with Crippen molar-refractivity contribution in [1.29, 1.82) is 0 Å². The first-order valence-corrected chi connectivity index (χ1v) is 10.4. The third-order valence-corrected chi connectivity index (χ3v) is 6.35. The summed E-state index contributed by atoms with van der Waals surface area (Å²) < 4.78 is 98.4. The Morgan fingerprint density at radius 1 is 1.03 bits per heavy atom. The lowest BCUT2D eigenvalue weighted by molar-refractivity contribution is -0.143. The molecule has 2 heterocycles. The van der Waals surface area contributed by atoms with Crippen LogP contribution in [0.4, 0.5) is 30.7 Å². The van der Waals surface area contributed by atoms with Gasteiger partial charge in [-0.2, -0.15) is 26.3 Å². The van der Waals surface area contributed by atoms with Crippen LogP contribution in [0.2, 0.25) is 0 Å². The highest BCUT2D eigenvalue weighted by Crippen LogP contribution is 2.46. The van der Waals surface area contributed by atoms with Crippen molar-refractivity contribution in [3.63, 3.8) is 0 Å². The molecule has 0 aromatic heterocycles. The molecule has 2 N–H and O–H groups in total. The highest BCUT2D eigenvalue weighted by molar-refractivity contribution is 5.82. The quantitative estimate of drug-likeness (QED) is 0.623. The number of amides is 1. The molecule has 1 amide bonds. The predicted molar refractivity (Wildman–Crippen MR) is 107 cm³/mol. The van der Waals surface area contributed by atoms with Crippen LogP contribution in [0.5, 0.6) is 0 Å². The van der Waals surface area contributed by atoms with Crippen molar-refractivity contribution < 1.29 is 40.3 Å². The molecule has 0 spiro atoms. The topological polar surface area (TPSA) is 55.6 Å². The summed E-state index contributed by atoms with van der Waals surface area (Å²) in [6.45, 7) is 1.20. The number of hydrogen-bond acceptors (Lipinski definition) is 3. The Bertz CT molecular complexity index is 1050. The Morgan fingerprint density at radius 3 is 2.12 bits per heavy atom. The first-order valence-electron chi connectivity index (χ1n) is 10.4. The summed E-state index contributed by atoms with van der Waals surface area (Å²) in [5.74, 6) is -1.26. The Balaban J connectivity index is 1.65. The Hall–Kier alpha value is -2.66. The third-order valence-electron chi connectivity index (χ3n) is 6.35.